The van der Waals surface area contributed by atoms with Gasteiger partial charge in [0.25, 0.3) is 0 Å². The standard InChI is InChI=1S/C23H26N2O4/c1-23(2,3)17-10-8-15(9-11-17)18-12-19(18)22(28)25-24-13-16-6-4-5-7-20(16)29-14-21(26)27/h4-11,13,18-19H,12,14H2,1-3H3,(H,25,28)(H,26,27)/b24-13+/t18-,19-/m1/s1. The van der Waals surface area contributed by atoms with Gasteiger partial charge in [-0.25, -0.2) is 10.2 Å². The molecule has 152 valence electrons. The molecular weight excluding hydrogens is 368 g/mol. The molecule has 2 atom stereocenters. The average molecular weight is 394 g/mol. The molecule has 3 rings (SSSR count). The van der Waals surface area contributed by atoms with E-state index in [9.17, 15) is 9.59 Å². The van der Waals surface area contributed by atoms with Crippen LogP contribution in [0.2, 0.25) is 0 Å². The number of nitrogens with zero attached hydrogens (tertiary/aromatic N) is 1. The molecule has 0 radical (unpaired) electrons. The predicted molar refractivity (Wildman–Crippen MR) is 111 cm³/mol. The molecular formula is C23H26N2O4. The van der Waals surface area contributed by atoms with Gasteiger partial charge in [0.15, 0.2) is 6.61 Å². The van der Waals surface area contributed by atoms with Crippen molar-refractivity contribution < 1.29 is 19.4 Å². The Morgan fingerprint density at radius 2 is 1.86 bits per heavy atom. The quantitative estimate of drug-likeness (QED) is 0.554. The van der Waals surface area contributed by atoms with E-state index in [0.29, 0.717) is 11.3 Å². The number of benzene rings is 2. The molecule has 0 heterocycles. The Morgan fingerprint density at radius 3 is 2.52 bits per heavy atom. The molecule has 1 fully saturated rings. The van der Waals surface area contributed by atoms with Crippen molar-refractivity contribution in [3.8, 4) is 5.75 Å². The molecule has 1 amide bonds. The number of para-hydroxylation sites is 1. The minimum Gasteiger partial charge on any atom is -0.481 e. The molecule has 2 N–H and O–H groups in total. The summed E-state index contributed by atoms with van der Waals surface area (Å²) in [4.78, 5) is 23.0. The molecule has 1 aliphatic rings. The summed E-state index contributed by atoms with van der Waals surface area (Å²) >= 11 is 0. The third-order valence-corrected chi connectivity index (χ3v) is 4.98. The summed E-state index contributed by atoms with van der Waals surface area (Å²) in [5, 5.41) is 12.8. The van der Waals surface area contributed by atoms with Gasteiger partial charge >= 0.3 is 5.97 Å². The second kappa shape index (κ2) is 8.47. The molecule has 2 aromatic rings. The number of carbonyl (C=O) groups is 2. The first-order valence-corrected chi connectivity index (χ1v) is 9.62. The van der Waals surface area contributed by atoms with Crippen LogP contribution in [0, 0.1) is 5.92 Å². The van der Waals surface area contributed by atoms with E-state index in [2.05, 4.69) is 55.6 Å². The molecule has 0 aliphatic heterocycles. The van der Waals surface area contributed by atoms with Crippen LogP contribution in [0.15, 0.2) is 53.6 Å². The first kappa shape index (κ1) is 20.6. The van der Waals surface area contributed by atoms with Crippen LogP contribution >= 0.6 is 0 Å². The van der Waals surface area contributed by atoms with Gasteiger partial charge in [-0.2, -0.15) is 5.10 Å². The van der Waals surface area contributed by atoms with Crippen molar-refractivity contribution in [1.29, 1.82) is 0 Å². The van der Waals surface area contributed by atoms with Crippen LogP contribution in [-0.4, -0.2) is 29.8 Å². The number of carboxylic acids is 1. The lowest BCUT2D eigenvalue weighted by atomic mass is 9.86. The Morgan fingerprint density at radius 1 is 1.17 bits per heavy atom. The van der Waals surface area contributed by atoms with Crippen molar-refractivity contribution in [1.82, 2.24) is 5.43 Å². The summed E-state index contributed by atoms with van der Waals surface area (Å²) < 4.78 is 5.22. The van der Waals surface area contributed by atoms with Crippen molar-refractivity contribution in [2.24, 2.45) is 11.0 Å². The normalized spacial score (nSPS) is 18.4. The molecule has 29 heavy (non-hydrogen) atoms. The fourth-order valence-electron chi connectivity index (χ4n) is 3.19. The van der Waals surface area contributed by atoms with Gasteiger partial charge in [-0.1, -0.05) is 57.2 Å². The number of hydrogen-bond acceptors (Lipinski definition) is 4. The first-order valence-electron chi connectivity index (χ1n) is 9.62. The average Bonchev–Trinajstić information content (AvgIpc) is 3.47. The van der Waals surface area contributed by atoms with Crippen molar-refractivity contribution in [3.05, 3.63) is 65.2 Å². The Labute approximate surface area is 170 Å². The topological polar surface area (TPSA) is 88.0 Å². The zero-order chi connectivity index (χ0) is 21.0. The van der Waals surface area contributed by atoms with Crippen molar-refractivity contribution in [2.45, 2.75) is 38.5 Å². The molecule has 2 aromatic carbocycles. The zero-order valence-electron chi connectivity index (χ0n) is 16.9. The Hall–Kier alpha value is -3.15. The SMILES string of the molecule is CC(C)(C)c1ccc([C@H]2C[C@H]2C(=O)N/N=C/c2ccccc2OCC(=O)O)cc1. The van der Waals surface area contributed by atoms with Crippen molar-refractivity contribution in [3.63, 3.8) is 0 Å². The van der Waals surface area contributed by atoms with Gasteiger partial charge in [0.1, 0.15) is 5.75 Å². The lowest BCUT2D eigenvalue weighted by Gasteiger charge is -2.19. The van der Waals surface area contributed by atoms with Crippen LogP contribution in [0.4, 0.5) is 0 Å². The van der Waals surface area contributed by atoms with E-state index in [0.717, 1.165) is 6.42 Å². The molecule has 1 aliphatic carbocycles. The molecule has 0 saturated heterocycles. The summed E-state index contributed by atoms with van der Waals surface area (Å²) in [6.07, 6.45) is 2.28. The number of nitrogens with one attached hydrogen (secondary N) is 1. The van der Waals surface area contributed by atoms with Crippen LogP contribution in [0.3, 0.4) is 0 Å². The summed E-state index contributed by atoms with van der Waals surface area (Å²) in [7, 11) is 0. The van der Waals surface area contributed by atoms with E-state index < -0.39 is 12.6 Å². The molecule has 1 saturated carbocycles. The predicted octanol–water partition coefficient (Wildman–Crippen LogP) is 3.70. The number of hydrogen-bond donors (Lipinski definition) is 2. The van der Waals surface area contributed by atoms with E-state index in [1.807, 2.05) is 0 Å². The Kier molecular flexibility index (Phi) is 6.01. The minimum absolute atomic E-state index is 0.0776. The highest BCUT2D eigenvalue weighted by Crippen LogP contribution is 2.47. The van der Waals surface area contributed by atoms with Gasteiger partial charge in [0, 0.05) is 11.5 Å². The van der Waals surface area contributed by atoms with Crippen LogP contribution in [0.5, 0.6) is 5.75 Å². The maximum absolute atomic E-state index is 12.4. The second-order valence-electron chi connectivity index (χ2n) is 8.28. The van der Waals surface area contributed by atoms with E-state index in [4.69, 9.17) is 9.84 Å². The highest BCUT2D eigenvalue weighted by Gasteiger charge is 2.44. The van der Waals surface area contributed by atoms with Gasteiger partial charge < -0.3 is 9.84 Å². The molecule has 0 spiro atoms. The van der Waals surface area contributed by atoms with Crippen LogP contribution in [0.25, 0.3) is 0 Å². The van der Waals surface area contributed by atoms with Gasteiger partial charge in [-0.3, -0.25) is 4.79 Å². The van der Waals surface area contributed by atoms with E-state index in [1.165, 1.54) is 17.3 Å². The zero-order valence-corrected chi connectivity index (χ0v) is 16.9. The molecule has 6 heteroatoms. The summed E-state index contributed by atoms with van der Waals surface area (Å²) in [5.41, 5.74) is 5.73. The number of rotatable bonds is 7. The maximum atomic E-state index is 12.4. The fourth-order valence-corrected chi connectivity index (χ4v) is 3.19. The van der Waals surface area contributed by atoms with Gasteiger partial charge in [-0.15, -0.1) is 0 Å². The number of carboxylic acid groups (broad SMARTS) is 1. The maximum Gasteiger partial charge on any atom is 0.341 e. The van der Waals surface area contributed by atoms with Gasteiger partial charge in [0.05, 0.1) is 6.21 Å². The highest BCUT2D eigenvalue weighted by molar-refractivity contribution is 5.87. The number of hydrazone groups is 1. The number of aliphatic carboxylic acids is 1. The van der Waals surface area contributed by atoms with Crippen LogP contribution in [-0.2, 0) is 15.0 Å². The summed E-state index contributed by atoms with van der Waals surface area (Å²) in [6.45, 7) is 6.10. The van der Waals surface area contributed by atoms with Crippen LogP contribution in [0.1, 0.15) is 49.8 Å². The van der Waals surface area contributed by atoms with Gasteiger partial charge in [-0.05, 0) is 41.0 Å². The van der Waals surface area contributed by atoms with Crippen LogP contribution < -0.4 is 10.2 Å². The number of carbonyl (C=O) groups excluding carboxylic acids is 1. The van der Waals surface area contributed by atoms with E-state index >= 15 is 0 Å². The minimum atomic E-state index is -1.06. The second-order valence-corrected chi connectivity index (χ2v) is 8.28. The van der Waals surface area contributed by atoms with Crippen molar-refractivity contribution >= 4 is 18.1 Å². The monoisotopic (exact) mass is 394 g/mol. The molecule has 0 aromatic heterocycles. The Bertz CT molecular complexity index is 913. The first-order chi connectivity index (χ1) is 13.8. The summed E-state index contributed by atoms with van der Waals surface area (Å²) in [6, 6.07) is 15.4. The third kappa shape index (κ3) is 5.44. The van der Waals surface area contributed by atoms with E-state index in [1.54, 1.807) is 24.3 Å². The largest absolute Gasteiger partial charge is 0.481 e. The summed E-state index contributed by atoms with van der Waals surface area (Å²) in [5.74, 6) is -0.622. The van der Waals surface area contributed by atoms with Gasteiger partial charge in [0.2, 0.25) is 5.91 Å². The number of ether oxygens (including phenoxy) is 1. The molecule has 0 unspecified atom stereocenters. The third-order valence-electron chi connectivity index (χ3n) is 4.98. The van der Waals surface area contributed by atoms with Crippen molar-refractivity contribution in [2.75, 3.05) is 6.61 Å². The lowest BCUT2D eigenvalue weighted by molar-refractivity contribution is -0.139. The molecule has 6 nitrogen and oxygen atoms in total. The lowest BCUT2D eigenvalue weighted by Crippen LogP contribution is -2.20. The fraction of sp³-hybridized carbons (Fsp3) is 0.348. The molecule has 0 bridgehead atoms. The smallest absolute Gasteiger partial charge is 0.341 e. The van der Waals surface area contributed by atoms with E-state index in [-0.39, 0.29) is 23.2 Å². The Balaban J connectivity index is 1.55. The number of amides is 1. The highest BCUT2D eigenvalue weighted by atomic mass is 16.5.